The summed E-state index contributed by atoms with van der Waals surface area (Å²) < 4.78 is 11.1. The lowest BCUT2D eigenvalue weighted by atomic mass is 9.94. The van der Waals surface area contributed by atoms with Crippen LogP contribution in [0.2, 0.25) is 0 Å². The molecule has 3 aromatic carbocycles. The van der Waals surface area contributed by atoms with Crippen LogP contribution in [0.1, 0.15) is 22.2 Å². The number of phenolic OH excluding ortho intramolecular Hbond substituents is 2. The number of para-hydroxylation sites is 3. The van der Waals surface area contributed by atoms with E-state index < -0.39 is 23.5 Å². The quantitative estimate of drug-likeness (QED) is 0.374. The number of aliphatic hydroxyl groups is 1. The summed E-state index contributed by atoms with van der Waals surface area (Å²) in [7, 11) is 1.48. The first-order chi connectivity index (χ1) is 16.4. The van der Waals surface area contributed by atoms with Gasteiger partial charge in [-0.15, -0.1) is 0 Å². The van der Waals surface area contributed by atoms with Gasteiger partial charge in [0.05, 0.1) is 24.4 Å². The van der Waals surface area contributed by atoms with Crippen LogP contribution in [0, 0.1) is 0 Å². The van der Waals surface area contributed by atoms with Crippen molar-refractivity contribution < 1.29 is 34.1 Å². The highest BCUT2D eigenvalue weighted by atomic mass is 16.5. The number of phenols is 2. The molecule has 0 saturated carbocycles. The Labute approximate surface area is 193 Å². The van der Waals surface area contributed by atoms with Crippen LogP contribution in [0.4, 0.5) is 5.69 Å². The van der Waals surface area contributed by atoms with Crippen molar-refractivity contribution in [1.29, 1.82) is 0 Å². The van der Waals surface area contributed by atoms with Crippen LogP contribution in [-0.4, -0.2) is 34.1 Å². The summed E-state index contributed by atoms with van der Waals surface area (Å²) in [5.41, 5.74) is 0.570. The van der Waals surface area contributed by atoms with Gasteiger partial charge in [-0.3, -0.25) is 14.5 Å². The zero-order valence-electron chi connectivity index (χ0n) is 17.9. The van der Waals surface area contributed by atoms with Gasteiger partial charge in [-0.1, -0.05) is 36.4 Å². The van der Waals surface area contributed by atoms with Crippen molar-refractivity contribution in [3.05, 3.63) is 95.5 Å². The Balaban J connectivity index is 1.69. The molecule has 0 fully saturated rings. The van der Waals surface area contributed by atoms with E-state index in [0.29, 0.717) is 22.3 Å². The van der Waals surface area contributed by atoms with E-state index in [9.17, 15) is 24.9 Å². The van der Waals surface area contributed by atoms with Crippen molar-refractivity contribution in [2.45, 2.75) is 6.04 Å². The molecule has 1 amide bonds. The molecular formula is C26H19NO7. The first kappa shape index (κ1) is 21.1. The average Bonchev–Trinajstić information content (AvgIpc) is 3.38. The molecule has 0 bridgehead atoms. The number of benzene rings is 3. The number of furan rings is 1. The van der Waals surface area contributed by atoms with E-state index in [1.54, 1.807) is 42.5 Å². The highest BCUT2D eigenvalue weighted by Crippen LogP contribution is 2.45. The van der Waals surface area contributed by atoms with Gasteiger partial charge in [-0.2, -0.15) is 0 Å². The Morgan fingerprint density at radius 2 is 1.74 bits per heavy atom. The predicted octanol–water partition coefficient (Wildman–Crippen LogP) is 4.64. The minimum atomic E-state index is -1.13. The number of ether oxygens (including phenoxy) is 1. The molecule has 34 heavy (non-hydrogen) atoms. The fourth-order valence-electron chi connectivity index (χ4n) is 4.21. The van der Waals surface area contributed by atoms with Crippen LogP contribution >= 0.6 is 0 Å². The molecule has 1 aliphatic heterocycles. The van der Waals surface area contributed by atoms with Gasteiger partial charge in [0.2, 0.25) is 5.78 Å². The molecule has 1 atom stereocenters. The maximum absolute atomic E-state index is 13.6. The Bertz CT molecular complexity index is 1480. The molecule has 2 heterocycles. The molecule has 3 N–H and O–H groups in total. The standard InChI is InChI=1S/C26H19NO7/c1-33-19-11-5-7-15-13-20(34-25(15)19)23(30)21-22(14-6-4-8-16(28)12-14)27(26(32)24(21)31)17-9-2-3-10-18(17)29/h2-13,22,28-29,31H,1H3. The van der Waals surface area contributed by atoms with Gasteiger partial charge in [0, 0.05) is 5.39 Å². The normalized spacial score (nSPS) is 15.9. The average molecular weight is 457 g/mol. The zero-order chi connectivity index (χ0) is 24.0. The predicted molar refractivity (Wildman–Crippen MR) is 123 cm³/mol. The van der Waals surface area contributed by atoms with Crippen molar-refractivity contribution in [1.82, 2.24) is 0 Å². The van der Waals surface area contributed by atoms with Crippen LogP contribution in [-0.2, 0) is 4.79 Å². The molecule has 0 spiro atoms. The van der Waals surface area contributed by atoms with E-state index in [1.807, 2.05) is 0 Å². The summed E-state index contributed by atoms with van der Waals surface area (Å²) in [5.74, 6) is -2.32. The summed E-state index contributed by atoms with van der Waals surface area (Å²) in [4.78, 5) is 28.0. The molecule has 1 aromatic heterocycles. The number of Topliss-reactive ketones (excluding diaryl/α,β-unsaturated/α-hetero) is 1. The largest absolute Gasteiger partial charge is 0.508 e. The topological polar surface area (TPSA) is 120 Å². The fraction of sp³-hybridized carbons (Fsp3) is 0.0769. The second-order valence-corrected chi connectivity index (χ2v) is 7.74. The third kappa shape index (κ3) is 3.24. The first-order valence-electron chi connectivity index (χ1n) is 10.4. The molecule has 0 radical (unpaired) electrons. The van der Waals surface area contributed by atoms with Crippen molar-refractivity contribution in [3.63, 3.8) is 0 Å². The minimum Gasteiger partial charge on any atom is -0.508 e. The number of aromatic hydroxyl groups is 2. The highest BCUT2D eigenvalue weighted by Gasteiger charge is 2.46. The van der Waals surface area contributed by atoms with Gasteiger partial charge >= 0.3 is 0 Å². The lowest BCUT2D eigenvalue weighted by Gasteiger charge is -2.27. The number of rotatable bonds is 5. The van der Waals surface area contributed by atoms with Crippen LogP contribution in [0.3, 0.4) is 0 Å². The number of hydrogen-bond donors (Lipinski definition) is 3. The molecule has 8 nitrogen and oxygen atoms in total. The van der Waals surface area contributed by atoms with E-state index in [1.165, 1.54) is 37.4 Å². The highest BCUT2D eigenvalue weighted by molar-refractivity contribution is 6.21. The maximum atomic E-state index is 13.6. The number of amides is 1. The second-order valence-electron chi connectivity index (χ2n) is 7.74. The van der Waals surface area contributed by atoms with Crippen LogP contribution in [0.15, 0.2) is 88.5 Å². The SMILES string of the molecule is COc1cccc2cc(C(=O)C3=C(O)C(=O)N(c4ccccc4O)C3c3cccc(O)c3)oc12. The Morgan fingerprint density at radius 1 is 0.971 bits per heavy atom. The summed E-state index contributed by atoms with van der Waals surface area (Å²) in [6.07, 6.45) is 0. The van der Waals surface area contributed by atoms with Crippen LogP contribution in [0.5, 0.6) is 17.2 Å². The van der Waals surface area contributed by atoms with E-state index in [4.69, 9.17) is 9.15 Å². The van der Waals surface area contributed by atoms with Gasteiger partial charge in [0.15, 0.2) is 22.9 Å². The molecule has 0 aliphatic carbocycles. The fourth-order valence-corrected chi connectivity index (χ4v) is 4.21. The molecule has 5 rings (SSSR count). The number of fused-ring (bicyclic) bond motifs is 1. The molecule has 1 aliphatic rings. The Kier molecular flexibility index (Phi) is 4.98. The number of ketones is 1. The smallest absolute Gasteiger partial charge is 0.294 e. The van der Waals surface area contributed by atoms with E-state index in [-0.39, 0.29) is 28.5 Å². The number of carbonyl (C=O) groups is 2. The number of hydrogen-bond acceptors (Lipinski definition) is 7. The van der Waals surface area contributed by atoms with E-state index in [2.05, 4.69) is 0 Å². The molecule has 1 unspecified atom stereocenters. The number of anilines is 1. The van der Waals surface area contributed by atoms with Gasteiger partial charge in [-0.25, -0.2) is 0 Å². The van der Waals surface area contributed by atoms with E-state index >= 15 is 0 Å². The van der Waals surface area contributed by atoms with Crippen LogP contribution in [0.25, 0.3) is 11.0 Å². The first-order valence-corrected chi connectivity index (χ1v) is 10.4. The number of methoxy groups -OCH3 is 1. The maximum Gasteiger partial charge on any atom is 0.294 e. The summed E-state index contributed by atoms with van der Waals surface area (Å²) in [5, 5.41) is 31.9. The van der Waals surface area contributed by atoms with Gasteiger partial charge in [0.25, 0.3) is 5.91 Å². The lowest BCUT2D eigenvalue weighted by Crippen LogP contribution is -2.31. The third-order valence-corrected chi connectivity index (χ3v) is 5.73. The molecule has 4 aromatic rings. The number of carbonyl (C=O) groups excluding carboxylic acids is 2. The number of aliphatic hydroxyl groups excluding tert-OH is 1. The number of nitrogens with zero attached hydrogens (tertiary/aromatic N) is 1. The zero-order valence-corrected chi connectivity index (χ0v) is 17.9. The van der Waals surface area contributed by atoms with Gasteiger partial charge in [0.1, 0.15) is 11.5 Å². The lowest BCUT2D eigenvalue weighted by molar-refractivity contribution is -0.117. The second kappa shape index (κ2) is 8.00. The Morgan fingerprint density at radius 3 is 2.47 bits per heavy atom. The summed E-state index contributed by atoms with van der Waals surface area (Å²) in [6, 6.07) is 17.6. The summed E-state index contributed by atoms with van der Waals surface area (Å²) in [6.45, 7) is 0. The molecule has 0 saturated heterocycles. The molecule has 170 valence electrons. The minimum absolute atomic E-state index is 0.0890. The summed E-state index contributed by atoms with van der Waals surface area (Å²) >= 11 is 0. The van der Waals surface area contributed by atoms with Crippen molar-refractivity contribution in [2.75, 3.05) is 12.0 Å². The molecule has 8 heteroatoms. The third-order valence-electron chi connectivity index (χ3n) is 5.73. The molecular weight excluding hydrogens is 438 g/mol. The van der Waals surface area contributed by atoms with Crippen molar-refractivity contribution >= 4 is 28.3 Å². The van der Waals surface area contributed by atoms with Gasteiger partial charge < -0.3 is 24.5 Å². The van der Waals surface area contributed by atoms with E-state index in [0.717, 1.165) is 4.90 Å². The van der Waals surface area contributed by atoms with Crippen molar-refractivity contribution in [3.8, 4) is 17.2 Å². The Hall–Kier alpha value is -4.72. The van der Waals surface area contributed by atoms with Gasteiger partial charge in [-0.05, 0) is 42.0 Å². The van der Waals surface area contributed by atoms with Crippen molar-refractivity contribution in [2.24, 2.45) is 0 Å². The monoisotopic (exact) mass is 457 g/mol. The van der Waals surface area contributed by atoms with Crippen LogP contribution < -0.4 is 9.64 Å².